The van der Waals surface area contributed by atoms with Gasteiger partial charge in [0.15, 0.2) is 0 Å². The fourth-order valence-electron chi connectivity index (χ4n) is 1.67. The standard InChI is InChI=1S/C13H20N2O2S/c1-9(14)13(16)15(3)10(2)11-5-7-12(8-6-11)18(4)17/h5-10H,14H2,1-4H3/t9-,10?,18?/m0/s1. The molecule has 0 aliphatic carbocycles. The molecule has 18 heavy (non-hydrogen) atoms. The van der Waals surface area contributed by atoms with Crippen molar-refractivity contribution >= 4 is 16.7 Å². The molecule has 5 heteroatoms. The maximum atomic E-state index is 11.8. The summed E-state index contributed by atoms with van der Waals surface area (Å²) in [6.45, 7) is 3.62. The van der Waals surface area contributed by atoms with Gasteiger partial charge in [0, 0.05) is 29.0 Å². The molecule has 1 rings (SSSR count). The summed E-state index contributed by atoms with van der Waals surface area (Å²) in [6, 6.07) is 6.89. The average molecular weight is 268 g/mol. The molecule has 100 valence electrons. The molecule has 1 aromatic carbocycles. The van der Waals surface area contributed by atoms with Crippen LogP contribution >= 0.6 is 0 Å². The van der Waals surface area contributed by atoms with Crippen LogP contribution < -0.4 is 5.73 Å². The van der Waals surface area contributed by atoms with Crippen molar-refractivity contribution in [2.75, 3.05) is 13.3 Å². The molecule has 3 atom stereocenters. The topological polar surface area (TPSA) is 63.4 Å². The highest BCUT2D eigenvalue weighted by atomic mass is 32.2. The van der Waals surface area contributed by atoms with E-state index >= 15 is 0 Å². The zero-order chi connectivity index (χ0) is 13.9. The van der Waals surface area contributed by atoms with Gasteiger partial charge in [0.05, 0.1) is 12.1 Å². The SMILES string of the molecule is CC(c1ccc(S(C)=O)cc1)N(C)C(=O)[C@H](C)N. The summed E-state index contributed by atoms with van der Waals surface area (Å²) in [7, 11) is 0.761. The first-order valence-electron chi connectivity index (χ1n) is 5.80. The molecule has 0 saturated carbocycles. The Bertz CT molecular complexity index is 443. The fraction of sp³-hybridized carbons (Fsp3) is 0.462. The highest BCUT2D eigenvalue weighted by Gasteiger charge is 2.19. The van der Waals surface area contributed by atoms with Gasteiger partial charge in [-0.05, 0) is 31.5 Å². The van der Waals surface area contributed by atoms with Gasteiger partial charge >= 0.3 is 0 Å². The van der Waals surface area contributed by atoms with Crippen molar-refractivity contribution in [2.45, 2.75) is 30.8 Å². The van der Waals surface area contributed by atoms with Gasteiger partial charge in [0.2, 0.25) is 5.91 Å². The van der Waals surface area contributed by atoms with Gasteiger partial charge < -0.3 is 10.6 Å². The first kappa shape index (κ1) is 14.9. The number of rotatable bonds is 4. The minimum absolute atomic E-state index is 0.0529. The summed E-state index contributed by atoms with van der Waals surface area (Å²) in [4.78, 5) is 14.2. The molecule has 4 nitrogen and oxygen atoms in total. The number of carbonyl (C=O) groups is 1. The minimum Gasteiger partial charge on any atom is -0.338 e. The third kappa shape index (κ3) is 3.40. The van der Waals surface area contributed by atoms with Crippen molar-refractivity contribution in [3.63, 3.8) is 0 Å². The molecule has 1 amide bonds. The predicted molar refractivity (Wildman–Crippen MR) is 73.6 cm³/mol. The zero-order valence-electron chi connectivity index (χ0n) is 11.2. The smallest absolute Gasteiger partial charge is 0.239 e. The van der Waals surface area contributed by atoms with E-state index in [1.54, 1.807) is 25.1 Å². The Hall–Kier alpha value is -1.20. The van der Waals surface area contributed by atoms with Crippen LogP contribution in [0.5, 0.6) is 0 Å². The largest absolute Gasteiger partial charge is 0.338 e. The molecule has 0 bridgehead atoms. The van der Waals surface area contributed by atoms with Crippen LogP contribution in [0.25, 0.3) is 0 Å². The van der Waals surface area contributed by atoms with Crippen molar-refractivity contribution in [1.29, 1.82) is 0 Å². The van der Waals surface area contributed by atoms with Crippen LogP contribution in [0, 0.1) is 0 Å². The molecule has 0 fully saturated rings. The van der Waals surface area contributed by atoms with Crippen LogP contribution in [-0.2, 0) is 15.6 Å². The van der Waals surface area contributed by atoms with Gasteiger partial charge in [-0.2, -0.15) is 0 Å². The summed E-state index contributed by atoms with van der Waals surface area (Å²) >= 11 is 0. The lowest BCUT2D eigenvalue weighted by Gasteiger charge is -2.27. The molecule has 0 aliphatic heterocycles. The molecule has 0 aliphatic rings. The molecular weight excluding hydrogens is 248 g/mol. The Labute approximate surface area is 111 Å². The molecule has 2 N–H and O–H groups in total. The van der Waals surface area contributed by atoms with Crippen molar-refractivity contribution in [3.8, 4) is 0 Å². The lowest BCUT2D eigenvalue weighted by Crippen LogP contribution is -2.40. The van der Waals surface area contributed by atoms with E-state index in [0.717, 1.165) is 10.5 Å². The van der Waals surface area contributed by atoms with Gasteiger partial charge in [-0.1, -0.05) is 12.1 Å². The van der Waals surface area contributed by atoms with E-state index in [1.807, 2.05) is 31.2 Å². The average Bonchev–Trinajstić information content (AvgIpc) is 2.36. The Balaban J connectivity index is 2.87. The van der Waals surface area contributed by atoms with Crippen LogP contribution in [0.2, 0.25) is 0 Å². The first-order chi connectivity index (χ1) is 8.34. The zero-order valence-corrected chi connectivity index (χ0v) is 12.0. The molecule has 0 aromatic heterocycles. The Morgan fingerprint density at radius 3 is 2.17 bits per heavy atom. The Morgan fingerprint density at radius 1 is 1.28 bits per heavy atom. The number of likely N-dealkylation sites (N-methyl/N-ethyl adjacent to an activating group) is 1. The summed E-state index contributed by atoms with van der Waals surface area (Å²) in [5.41, 5.74) is 6.59. The second kappa shape index (κ2) is 6.11. The van der Waals surface area contributed by atoms with Crippen molar-refractivity contribution in [2.24, 2.45) is 5.73 Å². The van der Waals surface area contributed by atoms with Crippen LogP contribution in [0.4, 0.5) is 0 Å². The molecule has 2 unspecified atom stereocenters. The van der Waals surface area contributed by atoms with Crippen molar-refractivity contribution < 1.29 is 9.00 Å². The second-order valence-electron chi connectivity index (χ2n) is 4.44. The maximum Gasteiger partial charge on any atom is 0.239 e. The number of carbonyl (C=O) groups excluding carboxylic acids is 1. The molecule has 1 aromatic rings. The number of hydrogen-bond donors (Lipinski definition) is 1. The Morgan fingerprint density at radius 2 is 1.78 bits per heavy atom. The van der Waals surface area contributed by atoms with Gasteiger partial charge in [0.1, 0.15) is 0 Å². The lowest BCUT2D eigenvalue weighted by atomic mass is 10.1. The van der Waals surface area contributed by atoms with Gasteiger partial charge in [-0.3, -0.25) is 9.00 Å². The molecule has 0 spiro atoms. The Kier molecular flexibility index (Phi) is 5.04. The number of hydrogen-bond acceptors (Lipinski definition) is 3. The summed E-state index contributed by atoms with van der Waals surface area (Å²) in [5, 5.41) is 0. The van der Waals surface area contributed by atoms with E-state index < -0.39 is 16.8 Å². The minimum atomic E-state index is -0.978. The second-order valence-corrected chi connectivity index (χ2v) is 5.82. The highest BCUT2D eigenvalue weighted by molar-refractivity contribution is 7.84. The fourth-order valence-corrected chi connectivity index (χ4v) is 2.19. The first-order valence-corrected chi connectivity index (χ1v) is 7.36. The van der Waals surface area contributed by atoms with Gasteiger partial charge in [-0.15, -0.1) is 0 Å². The molecule has 0 saturated heterocycles. The summed E-state index contributed by atoms with van der Waals surface area (Å²) in [5.74, 6) is -0.0920. The van der Waals surface area contributed by atoms with Crippen molar-refractivity contribution in [3.05, 3.63) is 29.8 Å². The lowest BCUT2D eigenvalue weighted by molar-refractivity contribution is -0.132. The van der Waals surface area contributed by atoms with E-state index in [0.29, 0.717) is 0 Å². The van der Waals surface area contributed by atoms with E-state index in [2.05, 4.69) is 0 Å². The van der Waals surface area contributed by atoms with E-state index in [1.165, 1.54) is 0 Å². The molecule has 0 radical (unpaired) electrons. The normalized spacial score (nSPS) is 15.8. The van der Waals surface area contributed by atoms with Crippen LogP contribution in [0.3, 0.4) is 0 Å². The summed E-state index contributed by atoms with van der Waals surface area (Å²) < 4.78 is 11.3. The third-order valence-corrected chi connectivity index (χ3v) is 3.95. The molecular formula is C13H20N2O2S. The number of nitrogens with zero attached hydrogens (tertiary/aromatic N) is 1. The monoisotopic (exact) mass is 268 g/mol. The van der Waals surface area contributed by atoms with Crippen molar-refractivity contribution in [1.82, 2.24) is 4.90 Å². The van der Waals surface area contributed by atoms with Gasteiger partial charge in [0.25, 0.3) is 0 Å². The number of nitrogens with two attached hydrogens (primary N) is 1. The van der Waals surface area contributed by atoms with Crippen LogP contribution in [0.1, 0.15) is 25.5 Å². The third-order valence-electron chi connectivity index (χ3n) is 3.01. The molecule has 0 heterocycles. The maximum absolute atomic E-state index is 11.8. The highest BCUT2D eigenvalue weighted by Crippen LogP contribution is 2.20. The number of benzene rings is 1. The summed E-state index contributed by atoms with van der Waals surface area (Å²) in [6.07, 6.45) is 1.64. The van der Waals surface area contributed by atoms with Crippen LogP contribution in [-0.4, -0.2) is 34.4 Å². The van der Waals surface area contributed by atoms with E-state index in [9.17, 15) is 9.00 Å². The van der Waals surface area contributed by atoms with E-state index in [-0.39, 0.29) is 11.9 Å². The quantitative estimate of drug-likeness (QED) is 0.895. The number of amides is 1. The predicted octanol–water partition coefficient (Wildman–Crippen LogP) is 1.29. The van der Waals surface area contributed by atoms with Crippen LogP contribution in [0.15, 0.2) is 29.2 Å². The van der Waals surface area contributed by atoms with E-state index in [4.69, 9.17) is 5.73 Å². The van der Waals surface area contributed by atoms with Gasteiger partial charge in [-0.25, -0.2) is 0 Å².